The van der Waals surface area contributed by atoms with Gasteiger partial charge in [0.25, 0.3) is 0 Å². The zero-order chi connectivity index (χ0) is 28.4. The fraction of sp³-hybridized carbons (Fsp3) is 0.312. The van der Waals surface area contributed by atoms with Crippen LogP contribution >= 0.6 is 0 Å². The van der Waals surface area contributed by atoms with E-state index in [0.29, 0.717) is 24.8 Å². The molecule has 3 N–H and O–H groups in total. The van der Waals surface area contributed by atoms with Gasteiger partial charge in [0, 0.05) is 42.9 Å². The summed E-state index contributed by atoms with van der Waals surface area (Å²) in [6.07, 6.45) is 0.797. The molecule has 3 aromatic carbocycles. The molecule has 1 aliphatic rings. The van der Waals surface area contributed by atoms with Crippen molar-refractivity contribution in [2.75, 3.05) is 18.5 Å². The van der Waals surface area contributed by atoms with Gasteiger partial charge in [0.1, 0.15) is 17.3 Å². The van der Waals surface area contributed by atoms with E-state index in [1.807, 2.05) is 54.1 Å². The number of nitrogens with two attached hydrogens (primary N) is 1. The third kappa shape index (κ3) is 5.87. The third-order valence-corrected chi connectivity index (χ3v) is 7.22. The van der Waals surface area contributed by atoms with Gasteiger partial charge in [0.15, 0.2) is 0 Å². The van der Waals surface area contributed by atoms with E-state index in [9.17, 15) is 9.18 Å². The summed E-state index contributed by atoms with van der Waals surface area (Å²) in [5.41, 5.74) is 14.2. The van der Waals surface area contributed by atoms with Gasteiger partial charge in [-0.05, 0) is 66.8 Å². The quantitative estimate of drug-likeness (QED) is 0.271. The van der Waals surface area contributed by atoms with Gasteiger partial charge in [0.05, 0.1) is 18.0 Å². The van der Waals surface area contributed by atoms with Gasteiger partial charge >= 0.3 is 6.03 Å². The number of halogens is 1. The average Bonchev–Trinajstić information content (AvgIpc) is 3.27. The van der Waals surface area contributed by atoms with E-state index in [0.717, 1.165) is 70.2 Å². The number of ether oxygens (including phenoxy) is 1. The zero-order valence-corrected chi connectivity index (χ0v) is 23.5. The van der Waals surface area contributed by atoms with Crippen LogP contribution in [0.25, 0.3) is 16.9 Å². The van der Waals surface area contributed by atoms with E-state index in [4.69, 9.17) is 15.6 Å². The molecule has 40 heavy (non-hydrogen) atoms. The van der Waals surface area contributed by atoms with Crippen LogP contribution in [-0.4, -0.2) is 33.9 Å². The number of hydrogen-bond acceptors (Lipinski definition) is 4. The minimum Gasteiger partial charge on any atom is -0.491 e. The van der Waals surface area contributed by atoms with Gasteiger partial charge in [-0.3, -0.25) is 4.90 Å². The Balaban J connectivity index is 1.59. The van der Waals surface area contributed by atoms with Crippen LogP contribution in [0.15, 0.2) is 60.7 Å². The molecule has 0 fully saturated rings. The lowest BCUT2D eigenvalue weighted by molar-refractivity contribution is 0.244. The number of carbonyl (C=O) groups is 1. The number of rotatable bonds is 8. The minimum atomic E-state index is -0.603. The monoisotopic (exact) mass is 541 g/mol. The summed E-state index contributed by atoms with van der Waals surface area (Å²) in [5.74, 6) is 0.960. The first-order chi connectivity index (χ1) is 19.2. The second-order valence-corrected chi connectivity index (χ2v) is 10.9. The Bertz CT molecular complexity index is 1530. The van der Waals surface area contributed by atoms with Gasteiger partial charge in [-0.1, -0.05) is 44.2 Å². The predicted molar refractivity (Wildman–Crippen MR) is 156 cm³/mol. The second kappa shape index (κ2) is 11.5. The summed E-state index contributed by atoms with van der Waals surface area (Å²) in [5, 5.41) is 7.79. The molecule has 0 atom stereocenters. The number of nitrogens with one attached hydrogen (secondary N) is 1. The first kappa shape index (κ1) is 27.4. The molecular formula is C32H36FN5O2. The molecule has 8 heteroatoms. The van der Waals surface area contributed by atoms with E-state index in [-0.39, 0.29) is 5.82 Å². The Morgan fingerprint density at radius 1 is 1.10 bits per heavy atom. The van der Waals surface area contributed by atoms with Gasteiger partial charge in [0.2, 0.25) is 0 Å². The molecular weight excluding hydrogens is 505 g/mol. The summed E-state index contributed by atoms with van der Waals surface area (Å²) in [6.45, 7) is 11.2. The lowest BCUT2D eigenvalue weighted by Crippen LogP contribution is -2.30. The number of urea groups is 1. The van der Waals surface area contributed by atoms with E-state index in [1.54, 1.807) is 6.07 Å². The Morgan fingerprint density at radius 2 is 1.88 bits per heavy atom. The molecule has 0 unspecified atom stereocenters. The van der Waals surface area contributed by atoms with Crippen LogP contribution in [0.1, 0.15) is 41.8 Å². The van der Waals surface area contributed by atoms with Gasteiger partial charge in [-0.2, -0.15) is 5.10 Å². The maximum Gasteiger partial charge on any atom is 0.316 e. The third-order valence-electron chi connectivity index (χ3n) is 7.22. The number of carbonyl (C=O) groups excluding carboxylic acids is 1. The fourth-order valence-corrected chi connectivity index (χ4v) is 5.23. The molecule has 0 radical (unpaired) electrons. The van der Waals surface area contributed by atoms with Crippen molar-refractivity contribution >= 4 is 11.7 Å². The maximum atomic E-state index is 13.7. The van der Waals surface area contributed by atoms with E-state index >= 15 is 0 Å². The van der Waals surface area contributed by atoms with Crippen molar-refractivity contribution in [1.82, 2.24) is 14.7 Å². The predicted octanol–water partition coefficient (Wildman–Crippen LogP) is 6.38. The molecule has 4 aromatic rings. The number of nitrogens with zero attached hydrogens (tertiary/aromatic N) is 3. The standard InChI is InChI=1S/C32H36FN5O2/c1-20(2)19-40-29-7-5-6-21(3)30(29)38-31(23-9-12-26(13-10-23)35-32(34)39)27-18-37(15-14-28(27)36-38)17-24-8-11-25(33)16-22(24)4/h5-13,16,20H,14-15,17-19H2,1-4H3,(H3,34,35,39). The molecule has 2 heterocycles. The molecule has 208 valence electrons. The number of amides is 2. The SMILES string of the molecule is Cc1cc(F)ccc1CN1CCc2nn(-c3c(C)cccc3OCC(C)C)c(-c3ccc(NC(N)=O)cc3)c2C1. The summed E-state index contributed by atoms with van der Waals surface area (Å²) in [4.78, 5) is 13.8. The van der Waals surface area contributed by atoms with Crippen LogP contribution in [0.4, 0.5) is 14.9 Å². The van der Waals surface area contributed by atoms with Gasteiger partial charge in [-0.15, -0.1) is 0 Å². The minimum absolute atomic E-state index is 0.214. The number of benzene rings is 3. The van der Waals surface area contributed by atoms with Crippen molar-refractivity contribution in [3.8, 4) is 22.7 Å². The van der Waals surface area contributed by atoms with Crippen molar-refractivity contribution in [3.63, 3.8) is 0 Å². The Morgan fingerprint density at radius 3 is 2.58 bits per heavy atom. The highest BCUT2D eigenvalue weighted by atomic mass is 19.1. The highest BCUT2D eigenvalue weighted by Gasteiger charge is 2.28. The topological polar surface area (TPSA) is 85.4 Å². The lowest BCUT2D eigenvalue weighted by atomic mass is 9.99. The average molecular weight is 542 g/mol. The maximum absolute atomic E-state index is 13.7. The number of anilines is 1. The molecule has 1 aliphatic heterocycles. The number of fused-ring (bicyclic) bond motifs is 1. The summed E-state index contributed by atoms with van der Waals surface area (Å²) >= 11 is 0. The van der Waals surface area contributed by atoms with Crippen LogP contribution in [0, 0.1) is 25.6 Å². The number of primary amides is 1. The zero-order valence-electron chi connectivity index (χ0n) is 23.5. The molecule has 0 saturated carbocycles. The molecule has 2 amide bonds. The van der Waals surface area contributed by atoms with Gasteiger partial charge < -0.3 is 15.8 Å². The van der Waals surface area contributed by atoms with Crippen LogP contribution in [0.5, 0.6) is 5.75 Å². The van der Waals surface area contributed by atoms with Gasteiger partial charge in [-0.25, -0.2) is 13.9 Å². The second-order valence-electron chi connectivity index (χ2n) is 10.9. The van der Waals surface area contributed by atoms with Crippen molar-refractivity contribution < 1.29 is 13.9 Å². The molecule has 0 aliphatic carbocycles. The summed E-state index contributed by atoms with van der Waals surface area (Å²) < 4.78 is 22.0. The summed E-state index contributed by atoms with van der Waals surface area (Å²) in [7, 11) is 0. The molecule has 1 aromatic heterocycles. The van der Waals surface area contributed by atoms with Crippen molar-refractivity contribution in [2.45, 2.75) is 47.2 Å². The number of aromatic nitrogens is 2. The molecule has 7 nitrogen and oxygen atoms in total. The van der Waals surface area contributed by atoms with Crippen molar-refractivity contribution in [1.29, 1.82) is 0 Å². The fourth-order valence-electron chi connectivity index (χ4n) is 5.23. The Kier molecular flexibility index (Phi) is 7.89. The van der Waals surface area contributed by atoms with E-state index in [1.165, 1.54) is 6.07 Å². The smallest absolute Gasteiger partial charge is 0.316 e. The molecule has 0 bridgehead atoms. The normalized spacial score (nSPS) is 13.3. The number of aryl methyl sites for hydroxylation is 2. The van der Waals surface area contributed by atoms with Crippen LogP contribution in [0.3, 0.4) is 0 Å². The first-order valence-electron chi connectivity index (χ1n) is 13.7. The van der Waals surface area contributed by atoms with Crippen molar-refractivity contribution in [2.24, 2.45) is 11.7 Å². The van der Waals surface area contributed by atoms with Crippen LogP contribution in [-0.2, 0) is 19.5 Å². The highest BCUT2D eigenvalue weighted by molar-refractivity contribution is 5.88. The van der Waals surface area contributed by atoms with Crippen LogP contribution < -0.4 is 15.8 Å². The number of para-hydroxylation sites is 1. The first-order valence-corrected chi connectivity index (χ1v) is 13.7. The molecule has 0 spiro atoms. The van der Waals surface area contributed by atoms with Crippen LogP contribution in [0.2, 0.25) is 0 Å². The molecule has 0 saturated heterocycles. The largest absolute Gasteiger partial charge is 0.491 e. The van der Waals surface area contributed by atoms with Crippen molar-refractivity contribution in [3.05, 3.63) is 94.4 Å². The molecule has 5 rings (SSSR count). The Labute approximate surface area is 234 Å². The summed E-state index contributed by atoms with van der Waals surface area (Å²) in [6, 6.07) is 18.1. The Hall–Kier alpha value is -4.17. The lowest BCUT2D eigenvalue weighted by Gasteiger charge is -2.27. The van der Waals surface area contributed by atoms with E-state index in [2.05, 4.69) is 37.1 Å². The number of hydrogen-bond donors (Lipinski definition) is 2. The highest BCUT2D eigenvalue weighted by Crippen LogP contribution is 2.37. The van der Waals surface area contributed by atoms with E-state index < -0.39 is 6.03 Å².